The summed E-state index contributed by atoms with van der Waals surface area (Å²) < 4.78 is 0. The maximum absolute atomic E-state index is 5.90. The Kier molecular flexibility index (Phi) is 4.85. The first-order valence-electron chi connectivity index (χ1n) is 5.82. The predicted molar refractivity (Wildman–Crippen MR) is 90.5 cm³/mol. The van der Waals surface area contributed by atoms with E-state index in [0.717, 1.165) is 22.7 Å². The van der Waals surface area contributed by atoms with Gasteiger partial charge in [-0.15, -0.1) is 11.8 Å². The van der Waals surface area contributed by atoms with E-state index in [0.29, 0.717) is 4.99 Å². The molecule has 2 N–H and O–H groups in total. The molecule has 0 unspecified atom stereocenters. The summed E-state index contributed by atoms with van der Waals surface area (Å²) in [5, 5.41) is 4.26. The van der Waals surface area contributed by atoms with Crippen molar-refractivity contribution in [3.63, 3.8) is 0 Å². The molecule has 2 nitrogen and oxygen atoms in total. The summed E-state index contributed by atoms with van der Waals surface area (Å²) in [6.45, 7) is 0.858. The molecule has 0 aliphatic carbocycles. The minimum Gasteiger partial charge on any atom is -0.389 e. The predicted octanol–water partition coefficient (Wildman–Crippen LogP) is 3.74. The summed E-state index contributed by atoms with van der Waals surface area (Å²) >= 11 is 8.60. The van der Waals surface area contributed by atoms with E-state index in [9.17, 15) is 0 Å². The summed E-state index contributed by atoms with van der Waals surface area (Å²) in [7, 11) is 2.07. The Labute approximate surface area is 127 Å². The Morgan fingerprint density at radius 1 is 1.42 bits per heavy atom. The average molecular weight is 308 g/mol. The highest BCUT2D eigenvalue weighted by Gasteiger charge is 2.14. The van der Waals surface area contributed by atoms with Crippen LogP contribution in [0.1, 0.15) is 11.1 Å². The summed E-state index contributed by atoms with van der Waals surface area (Å²) in [6, 6.07) is 8.31. The van der Waals surface area contributed by atoms with Gasteiger partial charge in [0.2, 0.25) is 0 Å². The van der Waals surface area contributed by atoms with Crippen LogP contribution in [-0.4, -0.2) is 18.3 Å². The smallest absolute Gasteiger partial charge is 0.107 e. The van der Waals surface area contributed by atoms with Gasteiger partial charge in [0.1, 0.15) is 4.99 Å². The molecule has 0 saturated heterocycles. The molecule has 0 aliphatic heterocycles. The van der Waals surface area contributed by atoms with Crippen LogP contribution >= 0.6 is 35.3 Å². The number of hydrogen-bond acceptors (Lipinski definition) is 4. The fraction of sp³-hybridized carbons (Fsp3) is 0.214. The molecule has 0 fully saturated rings. The van der Waals surface area contributed by atoms with Crippen LogP contribution in [-0.2, 0) is 6.54 Å². The number of anilines is 1. The molecule has 0 spiro atoms. The highest BCUT2D eigenvalue weighted by atomic mass is 32.2. The molecule has 100 valence electrons. The van der Waals surface area contributed by atoms with E-state index in [1.165, 1.54) is 5.56 Å². The topological polar surface area (TPSA) is 29.3 Å². The molecule has 0 atom stereocenters. The zero-order chi connectivity index (χ0) is 13.8. The van der Waals surface area contributed by atoms with Gasteiger partial charge in [0, 0.05) is 29.7 Å². The zero-order valence-electron chi connectivity index (χ0n) is 10.9. The van der Waals surface area contributed by atoms with Crippen LogP contribution in [0.25, 0.3) is 0 Å². The van der Waals surface area contributed by atoms with Crippen molar-refractivity contribution in [2.24, 2.45) is 5.73 Å². The molecule has 19 heavy (non-hydrogen) atoms. The minimum atomic E-state index is 0.456. The third kappa shape index (κ3) is 3.29. The van der Waals surface area contributed by atoms with Gasteiger partial charge < -0.3 is 10.6 Å². The van der Waals surface area contributed by atoms with E-state index >= 15 is 0 Å². The SMILES string of the molecule is CSc1cccc(N(C)Cc2ccsc2)c1C(N)=S. The summed E-state index contributed by atoms with van der Waals surface area (Å²) in [6.07, 6.45) is 2.04. The Balaban J connectivity index is 2.35. The molecular formula is C14H16N2S3. The van der Waals surface area contributed by atoms with Crippen molar-refractivity contribution in [1.29, 1.82) is 0 Å². The molecule has 2 rings (SSSR count). The molecule has 0 bridgehead atoms. The molecule has 2 aromatic rings. The second kappa shape index (κ2) is 6.41. The second-order valence-electron chi connectivity index (χ2n) is 4.21. The molecule has 0 saturated carbocycles. The van der Waals surface area contributed by atoms with Crippen molar-refractivity contribution in [1.82, 2.24) is 0 Å². The summed E-state index contributed by atoms with van der Waals surface area (Å²) in [5.41, 5.74) is 9.26. The standard InChI is InChI=1S/C14H16N2S3/c1-16(8-10-6-7-19-9-10)11-4-3-5-12(18-2)13(11)14(15)17/h3-7,9H,8H2,1-2H3,(H2,15,17). The number of hydrogen-bond donors (Lipinski definition) is 1. The quantitative estimate of drug-likeness (QED) is 0.673. The number of rotatable bonds is 5. The molecule has 0 amide bonds. The zero-order valence-corrected chi connectivity index (χ0v) is 13.4. The first kappa shape index (κ1) is 14.4. The third-order valence-electron chi connectivity index (χ3n) is 2.88. The number of benzene rings is 1. The fourth-order valence-electron chi connectivity index (χ4n) is 2.00. The maximum atomic E-state index is 5.90. The molecule has 0 aliphatic rings. The average Bonchev–Trinajstić information content (AvgIpc) is 2.90. The number of thioether (sulfide) groups is 1. The van der Waals surface area contributed by atoms with Crippen molar-refractivity contribution < 1.29 is 0 Å². The van der Waals surface area contributed by atoms with Crippen molar-refractivity contribution in [2.75, 3.05) is 18.2 Å². The number of thiophene rings is 1. The fourth-order valence-corrected chi connectivity index (χ4v) is 3.57. The Morgan fingerprint density at radius 3 is 2.79 bits per heavy atom. The van der Waals surface area contributed by atoms with Crippen LogP contribution in [0, 0.1) is 0 Å². The van der Waals surface area contributed by atoms with Crippen molar-refractivity contribution >= 4 is 46.0 Å². The molecule has 1 heterocycles. The Morgan fingerprint density at radius 2 is 2.21 bits per heavy atom. The van der Waals surface area contributed by atoms with E-state index in [2.05, 4.69) is 40.9 Å². The van der Waals surface area contributed by atoms with Gasteiger partial charge in [-0.25, -0.2) is 0 Å². The van der Waals surface area contributed by atoms with Crippen LogP contribution in [0.15, 0.2) is 39.9 Å². The molecule has 1 aromatic heterocycles. The summed E-state index contributed by atoms with van der Waals surface area (Å²) in [5.74, 6) is 0. The van der Waals surface area contributed by atoms with Gasteiger partial charge in [0.15, 0.2) is 0 Å². The van der Waals surface area contributed by atoms with Crippen LogP contribution in [0.3, 0.4) is 0 Å². The first-order valence-corrected chi connectivity index (χ1v) is 8.40. The lowest BCUT2D eigenvalue weighted by Gasteiger charge is -2.23. The lowest BCUT2D eigenvalue weighted by molar-refractivity contribution is 0.923. The van der Waals surface area contributed by atoms with Crippen LogP contribution in [0.2, 0.25) is 0 Å². The number of nitrogens with two attached hydrogens (primary N) is 1. The monoisotopic (exact) mass is 308 g/mol. The van der Waals surface area contributed by atoms with Crippen LogP contribution < -0.4 is 10.6 Å². The van der Waals surface area contributed by atoms with E-state index in [4.69, 9.17) is 18.0 Å². The van der Waals surface area contributed by atoms with Crippen LogP contribution in [0.5, 0.6) is 0 Å². The van der Waals surface area contributed by atoms with E-state index in [1.807, 2.05) is 12.3 Å². The Bertz CT molecular complexity index is 564. The van der Waals surface area contributed by atoms with Gasteiger partial charge in [-0.1, -0.05) is 18.3 Å². The first-order chi connectivity index (χ1) is 9.13. The van der Waals surface area contributed by atoms with Crippen LogP contribution in [0.4, 0.5) is 5.69 Å². The molecule has 5 heteroatoms. The van der Waals surface area contributed by atoms with Crippen molar-refractivity contribution in [3.05, 3.63) is 46.2 Å². The van der Waals surface area contributed by atoms with E-state index in [1.54, 1.807) is 23.1 Å². The largest absolute Gasteiger partial charge is 0.389 e. The van der Waals surface area contributed by atoms with Gasteiger partial charge in [0.05, 0.1) is 0 Å². The Hall–Kier alpha value is -1.04. The normalized spacial score (nSPS) is 10.4. The van der Waals surface area contributed by atoms with Gasteiger partial charge in [-0.05, 0) is 40.8 Å². The highest BCUT2D eigenvalue weighted by Crippen LogP contribution is 2.30. The van der Waals surface area contributed by atoms with Gasteiger partial charge >= 0.3 is 0 Å². The van der Waals surface area contributed by atoms with Gasteiger partial charge in [-0.2, -0.15) is 11.3 Å². The van der Waals surface area contributed by atoms with Gasteiger partial charge in [0.25, 0.3) is 0 Å². The number of thiocarbonyl (C=S) groups is 1. The molecule has 0 radical (unpaired) electrons. The van der Waals surface area contributed by atoms with Crippen molar-refractivity contribution in [3.8, 4) is 0 Å². The maximum Gasteiger partial charge on any atom is 0.107 e. The third-order valence-corrected chi connectivity index (χ3v) is 4.60. The van der Waals surface area contributed by atoms with E-state index in [-0.39, 0.29) is 0 Å². The van der Waals surface area contributed by atoms with E-state index < -0.39 is 0 Å². The minimum absolute atomic E-state index is 0.456. The second-order valence-corrected chi connectivity index (χ2v) is 6.27. The van der Waals surface area contributed by atoms with Crippen molar-refractivity contribution in [2.45, 2.75) is 11.4 Å². The summed E-state index contributed by atoms with van der Waals surface area (Å²) in [4.78, 5) is 3.77. The molecular weight excluding hydrogens is 292 g/mol. The van der Waals surface area contributed by atoms with Gasteiger partial charge in [-0.3, -0.25) is 0 Å². The lowest BCUT2D eigenvalue weighted by atomic mass is 10.1. The lowest BCUT2D eigenvalue weighted by Crippen LogP contribution is -2.22. The molecule has 1 aromatic carbocycles. The number of nitrogens with zero attached hydrogens (tertiary/aromatic N) is 1. The highest BCUT2D eigenvalue weighted by molar-refractivity contribution is 7.98.